The highest BCUT2D eigenvalue weighted by atomic mass is 127. The zero-order chi connectivity index (χ0) is 13.8. The van der Waals surface area contributed by atoms with E-state index in [2.05, 4.69) is 65.0 Å². The van der Waals surface area contributed by atoms with Gasteiger partial charge in [-0.3, -0.25) is 4.79 Å². The van der Waals surface area contributed by atoms with Crippen LogP contribution in [0.15, 0.2) is 48.8 Å². The number of furan rings is 1. The van der Waals surface area contributed by atoms with Crippen molar-refractivity contribution in [1.29, 1.82) is 0 Å². The Morgan fingerprint density at radius 1 is 1.32 bits per heavy atom. The first kappa shape index (κ1) is 14.7. The minimum Gasteiger partial charge on any atom is -0.448 e. The molecule has 98 valence electrons. The first-order valence-electron chi connectivity index (χ1n) is 5.10. The van der Waals surface area contributed by atoms with Crippen LogP contribution in [0.3, 0.4) is 0 Å². The fourth-order valence-corrected chi connectivity index (χ4v) is 2.47. The third-order valence-corrected chi connectivity index (χ3v) is 4.96. The molecule has 1 aromatic heterocycles. The molecule has 0 radical (unpaired) electrons. The number of benzene rings is 1. The number of nitrogens with zero attached hydrogens (tertiary/aromatic N) is 1. The number of carbonyl (C=O) groups is 1. The average molecular weight is 498 g/mol. The lowest BCUT2D eigenvalue weighted by atomic mass is 10.2. The van der Waals surface area contributed by atoms with Crippen molar-refractivity contribution in [2.45, 2.75) is 0 Å². The first-order valence-corrected chi connectivity index (χ1v) is 7.77. The number of amides is 1. The SMILES string of the molecule is O=C(N/N=C/c1cc(Br)c(I)o1)c1ccccc1Br. The number of hydrogen-bond acceptors (Lipinski definition) is 3. The Bertz CT molecular complexity index is 621. The lowest BCUT2D eigenvalue weighted by Gasteiger charge is -2.01. The molecule has 1 heterocycles. The summed E-state index contributed by atoms with van der Waals surface area (Å²) in [5, 5.41) is 3.85. The Balaban J connectivity index is 2.03. The molecule has 4 nitrogen and oxygen atoms in total. The van der Waals surface area contributed by atoms with Crippen LogP contribution in [-0.2, 0) is 0 Å². The molecule has 1 aromatic carbocycles. The number of carbonyl (C=O) groups excluding carboxylic acids is 1. The molecule has 19 heavy (non-hydrogen) atoms. The van der Waals surface area contributed by atoms with Gasteiger partial charge in [0.05, 0.1) is 16.3 Å². The maximum Gasteiger partial charge on any atom is 0.272 e. The molecule has 7 heteroatoms. The van der Waals surface area contributed by atoms with Crippen molar-refractivity contribution in [2.75, 3.05) is 0 Å². The van der Waals surface area contributed by atoms with E-state index in [0.29, 0.717) is 11.3 Å². The van der Waals surface area contributed by atoms with Crippen LogP contribution in [0, 0.1) is 3.77 Å². The monoisotopic (exact) mass is 496 g/mol. The highest BCUT2D eigenvalue weighted by molar-refractivity contribution is 14.1. The molecular weight excluding hydrogens is 491 g/mol. The zero-order valence-electron chi connectivity index (χ0n) is 9.36. The normalized spacial score (nSPS) is 10.9. The summed E-state index contributed by atoms with van der Waals surface area (Å²) >= 11 is 8.69. The highest BCUT2D eigenvalue weighted by Crippen LogP contribution is 2.22. The Kier molecular flexibility index (Phi) is 5.17. The van der Waals surface area contributed by atoms with Gasteiger partial charge in [-0.05, 0) is 44.0 Å². The van der Waals surface area contributed by atoms with E-state index in [4.69, 9.17) is 4.42 Å². The van der Waals surface area contributed by atoms with Gasteiger partial charge in [0.1, 0.15) is 5.76 Å². The number of hydrogen-bond donors (Lipinski definition) is 1. The minimum absolute atomic E-state index is 0.288. The van der Waals surface area contributed by atoms with Crippen LogP contribution in [0.2, 0.25) is 0 Å². The second-order valence-electron chi connectivity index (χ2n) is 3.45. The van der Waals surface area contributed by atoms with Crippen LogP contribution in [0.5, 0.6) is 0 Å². The average Bonchev–Trinajstić information content (AvgIpc) is 2.69. The van der Waals surface area contributed by atoms with E-state index in [1.54, 1.807) is 24.3 Å². The van der Waals surface area contributed by atoms with Crippen LogP contribution in [0.1, 0.15) is 16.1 Å². The molecule has 0 fully saturated rings. The summed E-state index contributed by atoms with van der Waals surface area (Å²) in [6.45, 7) is 0. The smallest absolute Gasteiger partial charge is 0.272 e. The summed E-state index contributed by atoms with van der Waals surface area (Å²) in [4.78, 5) is 11.8. The van der Waals surface area contributed by atoms with Gasteiger partial charge in [-0.15, -0.1) is 0 Å². The number of nitrogens with one attached hydrogen (secondary N) is 1. The zero-order valence-corrected chi connectivity index (χ0v) is 14.7. The van der Waals surface area contributed by atoms with E-state index in [0.717, 1.165) is 12.7 Å². The first-order chi connectivity index (χ1) is 9.08. The molecule has 0 aliphatic carbocycles. The molecule has 0 unspecified atom stereocenters. The van der Waals surface area contributed by atoms with E-state index < -0.39 is 0 Å². The number of halogens is 3. The van der Waals surface area contributed by atoms with Gasteiger partial charge < -0.3 is 4.42 Å². The second-order valence-corrected chi connectivity index (χ2v) is 6.14. The van der Waals surface area contributed by atoms with E-state index in [1.807, 2.05) is 6.07 Å². The summed E-state index contributed by atoms with van der Waals surface area (Å²) in [7, 11) is 0. The molecular formula is C12H7Br2IN2O2. The molecule has 0 aliphatic rings. The lowest BCUT2D eigenvalue weighted by molar-refractivity contribution is 0.0954. The van der Waals surface area contributed by atoms with Crippen molar-refractivity contribution in [1.82, 2.24) is 5.43 Å². The molecule has 0 bridgehead atoms. The van der Waals surface area contributed by atoms with Gasteiger partial charge in [0, 0.05) is 33.1 Å². The van der Waals surface area contributed by atoms with E-state index in [1.165, 1.54) is 6.21 Å². The standard InChI is InChI=1S/C12H7Br2IN2O2/c13-9-4-2-1-3-8(9)12(18)17-16-6-7-5-10(14)11(15)19-7/h1-6H,(H,17,18)/b16-6+. The lowest BCUT2D eigenvalue weighted by Crippen LogP contribution is -2.17. The highest BCUT2D eigenvalue weighted by Gasteiger charge is 2.08. The quantitative estimate of drug-likeness (QED) is 0.393. The van der Waals surface area contributed by atoms with Crippen LogP contribution < -0.4 is 5.43 Å². The van der Waals surface area contributed by atoms with E-state index in [-0.39, 0.29) is 5.91 Å². The fourth-order valence-electron chi connectivity index (χ4n) is 1.29. The molecule has 0 saturated carbocycles. The predicted octanol–water partition coefficient (Wildman–Crippen LogP) is 4.17. The van der Waals surface area contributed by atoms with Crippen molar-refractivity contribution >= 4 is 66.6 Å². The maximum atomic E-state index is 11.8. The van der Waals surface area contributed by atoms with Crippen molar-refractivity contribution in [2.24, 2.45) is 5.10 Å². The maximum absolute atomic E-state index is 11.8. The molecule has 0 atom stereocenters. The summed E-state index contributed by atoms with van der Waals surface area (Å²) < 4.78 is 7.66. The minimum atomic E-state index is -0.288. The van der Waals surface area contributed by atoms with Crippen LogP contribution in [0.25, 0.3) is 0 Å². The molecule has 2 rings (SSSR count). The Labute approximate surface area is 140 Å². The Morgan fingerprint density at radius 2 is 2.05 bits per heavy atom. The summed E-state index contributed by atoms with van der Waals surface area (Å²) in [6.07, 6.45) is 1.45. The Morgan fingerprint density at radius 3 is 2.68 bits per heavy atom. The van der Waals surface area contributed by atoms with Gasteiger partial charge in [-0.1, -0.05) is 12.1 Å². The van der Waals surface area contributed by atoms with E-state index in [9.17, 15) is 4.79 Å². The molecule has 1 amide bonds. The van der Waals surface area contributed by atoms with Gasteiger partial charge in [-0.25, -0.2) is 5.43 Å². The van der Waals surface area contributed by atoms with Crippen molar-refractivity contribution in [3.63, 3.8) is 0 Å². The second kappa shape index (κ2) is 6.67. The molecule has 0 saturated heterocycles. The van der Waals surface area contributed by atoms with Crippen LogP contribution >= 0.6 is 54.5 Å². The summed E-state index contributed by atoms with van der Waals surface area (Å²) in [6, 6.07) is 8.91. The molecule has 2 aromatic rings. The largest absolute Gasteiger partial charge is 0.448 e. The van der Waals surface area contributed by atoms with Gasteiger partial charge in [0.2, 0.25) is 0 Å². The third kappa shape index (κ3) is 3.90. The van der Waals surface area contributed by atoms with Crippen molar-refractivity contribution in [3.05, 3.63) is 54.4 Å². The third-order valence-electron chi connectivity index (χ3n) is 2.14. The van der Waals surface area contributed by atoms with Crippen molar-refractivity contribution in [3.8, 4) is 0 Å². The molecule has 1 N–H and O–H groups in total. The van der Waals surface area contributed by atoms with E-state index >= 15 is 0 Å². The molecule has 0 spiro atoms. The van der Waals surface area contributed by atoms with Gasteiger partial charge in [0.15, 0.2) is 3.77 Å². The van der Waals surface area contributed by atoms with Gasteiger partial charge >= 0.3 is 0 Å². The van der Waals surface area contributed by atoms with Gasteiger partial charge in [-0.2, -0.15) is 5.10 Å². The Hall–Kier alpha value is -0.670. The number of hydrazone groups is 1. The van der Waals surface area contributed by atoms with Crippen molar-refractivity contribution < 1.29 is 9.21 Å². The van der Waals surface area contributed by atoms with Gasteiger partial charge in [0.25, 0.3) is 5.91 Å². The number of rotatable bonds is 3. The summed E-state index contributed by atoms with van der Waals surface area (Å²) in [5.41, 5.74) is 2.96. The molecule has 0 aliphatic heterocycles. The predicted molar refractivity (Wildman–Crippen MR) is 88.3 cm³/mol. The topological polar surface area (TPSA) is 54.6 Å². The van der Waals surface area contributed by atoms with Crippen LogP contribution in [0.4, 0.5) is 0 Å². The summed E-state index contributed by atoms with van der Waals surface area (Å²) in [5.74, 6) is 0.271. The van der Waals surface area contributed by atoms with Crippen LogP contribution in [-0.4, -0.2) is 12.1 Å². The fraction of sp³-hybridized carbons (Fsp3) is 0.